The molecule has 0 bridgehead atoms. The van der Waals surface area contributed by atoms with E-state index in [4.69, 9.17) is 4.74 Å². The Morgan fingerprint density at radius 2 is 2.00 bits per heavy atom. The fourth-order valence-electron chi connectivity index (χ4n) is 2.94. The second kappa shape index (κ2) is 7.66. The zero-order chi connectivity index (χ0) is 18.9. The zero-order valence-corrected chi connectivity index (χ0v) is 18.3. The molecule has 0 spiro atoms. The van der Waals surface area contributed by atoms with Crippen molar-refractivity contribution in [3.8, 4) is 11.1 Å². The molecule has 0 saturated heterocycles. The van der Waals surface area contributed by atoms with Crippen LogP contribution in [0.5, 0.6) is 0 Å². The Morgan fingerprint density at radius 1 is 1.23 bits per heavy atom. The number of halogens is 2. The molecule has 2 aromatic heterocycles. The fraction of sp³-hybridized carbons (Fsp3) is 0.421. The van der Waals surface area contributed by atoms with E-state index in [0.717, 1.165) is 33.6 Å². The van der Waals surface area contributed by atoms with Crippen molar-refractivity contribution < 1.29 is 9.13 Å². The van der Waals surface area contributed by atoms with Crippen molar-refractivity contribution in [3.05, 3.63) is 41.0 Å². The van der Waals surface area contributed by atoms with Gasteiger partial charge >= 0.3 is 0 Å². The lowest BCUT2D eigenvalue weighted by Crippen LogP contribution is -2.22. The van der Waals surface area contributed by atoms with Crippen LogP contribution in [0.3, 0.4) is 0 Å². The Balaban J connectivity index is 1.83. The average molecular weight is 438 g/mol. The van der Waals surface area contributed by atoms with Crippen LogP contribution in [0.25, 0.3) is 22.0 Å². The van der Waals surface area contributed by atoms with Crippen LogP contribution in [0.4, 0.5) is 4.39 Å². The minimum atomic E-state index is -1.08. The topological polar surface area (TPSA) is 32.0 Å². The number of hydrogen-bond acceptors (Lipinski definition) is 2. The van der Waals surface area contributed by atoms with Crippen LogP contribution in [0.15, 0.2) is 35.2 Å². The molecule has 0 radical (unpaired) electrons. The second-order valence-electron chi connectivity index (χ2n) is 7.73. The Labute approximate surface area is 163 Å². The van der Waals surface area contributed by atoms with Crippen molar-refractivity contribution >= 4 is 34.9 Å². The summed E-state index contributed by atoms with van der Waals surface area (Å²) in [7, 11) is -1.08. The van der Waals surface area contributed by atoms with Gasteiger partial charge in [0.25, 0.3) is 0 Å². The number of rotatable bonds is 7. The van der Waals surface area contributed by atoms with Crippen LogP contribution >= 0.6 is 15.9 Å². The molecule has 0 amide bonds. The molecule has 0 aliphatic rings. The number of aryl methyl sites for hydroxylation is 1. The highest BCUT2D eigenvalue weighted by Crippen LogP contribution is 2.34. The predicted molar refractivity (Wildman–Crippen MR) is 111 cm³/mol. The third-order valence-electron chi connectivity index (χ3n) is 4.40. The van der Waals surface area contributed by atoms with E-state index in [1.54, 1.807) is 4.68 Å². The molecule has 3 aromatic rings. The highest BCUT2D eigenvalue weighted by atomic mass is 79.9. The molecule has 4 nitrogen and oxygen atoms in total. The minimum absolute atomic E-state index is 0.218. The number of ether oxygens (including phenoxy) is 1. The maximum Gasteiger partial charge on any atom is 0.148 e. The van der Waals surface area contributed by atoms with Gasteiger partial charge in [0.1, 0.15) is 12.5 Å². The molecule has 0 saturated carbocycles. The van der Waals surface area contributed by atoms with Gasteiger partial charge in [0.05, 0.1) is 11.7 Å². The van der Waals surface area contributed by atoms with Crippen LogP contribution in [0, 0.1) is 5.82 Å². The number of nitrogens with zero attached hydrogens (tertiary/aromatic N) is 3. The summed E-state index contributed by atoms with van der Waals surface area (Å²) in [5.41, 5.74) is 2.58. The van der Waals surface area contributed by atoms with Gasteiger partial charge in [-0.25, -0.2) is 9.07 Å². The molecule has 0 N–H and O–H groups in total. The molecule has 0 unspecified atom stereocenters. The van der Waals surface area contributed by atoms with Crippen molar-refractivity contribution in [2.24, 2.45) is 0 Å². The third kappa shape index (κ3) is 4.27. The molecule has 0 atom stereocenters. The van der Waals surface area contributed by atoms with Crippen LogP contribution in [-0.4, -0.2) is 29.0 Å². The molecule has 0 fully saturated rings. The second-order valence-corrected chi connectivity index (χ2v) is 14.3. The van der Waals surface area contributed by atoms with E-state index < -0.39 is 8.07 Å². The molecule has 2 heterocycles. The summed E-state index contributed by atoms with van der Waals surface area (Å²) in [5, 5.41) is 5.29. The van der Waals surface area contributed by atoms with Crippen molar-refractivity contribution in [1.29, 1.82) is 0 Å². The maximum absolute atomic E-state index is 14.4. The predicted octanol–water partition coefficient (Wildman–Crippen LogP) is 5.74. The molecule has 0 aliphatic heterocycles. The SMILES string of the molecule is CCn1cc(-c2cnn(COCC[Si](C)(C)C)c2)c2cc(Br)cc(F)c21. The molecule has 0 aliphatic carbocycles. The summed E-state index contributed by atoms with van der Waals surface area (Å²) in [6.45, 7) is 10.9. The van der Waals surface area contributed by atoms with Crippen LogP contribution in [-0.2, 0) is 18.0 Å². The zero-order valence-electron chi connectivity index (χ0n) is 15.7. The summed E-state index contributed by atoms with van der Waals surface area (Å²) in [4.78, 5) is 0. The summed E-state index contributed by atoms with van der Waals surface area (Å²) in [6, 6.07) is 4.61. The van der Waals surface area contributed by atoms with Gasteiger partial charge in [-0.3, -0.25) is 0 Å². The first kappa shape index (κ1) is 19.3. The van der Waals surface area contributed by atoms with E-state index in [1.165, 1.54) is 6.07 Å². The van der Waals surface area contributed by atoms with Gasteiger partial charge in [0.2, 0.25) is 0 Å². The van der Waals surface area contributed by atoms with Gasteiger partial charge in [-0.1, -0.05) is 35.6 Å². The molecule has 26 heavy (non-hydrogen) atoms. The Hall–Kier alpha value is -1.44. The van der Waals surface area contributed by atoms with Crippen LogP contribution in [0.1, 0.15) is 6.92 Å². The van der Waals surface area contributed by atoms with Gasteiger partial charge in [0.15, 0.2) is 0 Å². The van der Waals surface area contributed by atoms with Gasteiger partial charge in [-0.05, 0) is 25.1 Å². The average Bonchev–Trinajstić information content (AvgIpc) is 3.14. The number of hydrogen-bond donors (Lipinski definition) is 0. The normalized spacial score (nSPS) is 12.2. The van der Waals surface area contributed by atoms with E-state index in [9.17, 15) is 4.39 Å². The van der Waals surface area contributed by atoms with Crippen molar-refractivity contribution in [3.63, 3.8) is 0 Å². The summed E-state index contributed by atoms with van der Waals surface area (Å²) < 4.78 is 24.7. The molecular weight excluding hydrogens is 413 g/mol. The van der Waals surface area contributed by atoms with Gasteiger partial charge in [-0.2, -0.15) is 5.10 Å². The van der Waals surface area contributed by atoms with Crippen molar-refractivity contribution in [2.75, 3.05) is 6.61 Å². The van der Waals surface area contributed by atoms with E-state index in [2.05, 4.69) is 40.7 Å². The molecule has 7 heteroatoms. The van der Waals surface area contributed by atoms with Gasteiger partial charge < -0.3 is 9.30 Å². The minimum Gasteiger partial charge on any atom is -0.360 e. The molecule has 1 aromatic carbocycles. The number of aromatic nitrogens is 3. The summed E-state index contributed by atoms with van der Waals surface area (Å²) in [5.74, 6) is -0.218. The van der Waals surface area contributed by atoms with Crippen LogP contribution in [0.2, 0.25) is 25.7 Å². The van der Waals surface area contributed by atoms with E-state index in [1.807, 2.05) is 36.1 Å². The first-order valence-electron chi connectivity index (χ1n) is 8.87. The highest BCUT2D eigenvalue weighted by molar-refractivity contribution is 9.10. The quantitative estimate of drug-likeness (QED) is 0.348. The molecular formula is C19H25BrFN3OSi. The standard InChI is InChI=1S/C19H25BrFN3OSi/c1-5-23-12-17(16-8-15(20)9-18(21)19(16)23)14-10-22-24(11-14)13-25-6-7-26(2,3)4/h8-12H,5-7,13H2,1-4H3. The number of benzene rings is 1. The maximum atomic E-state index is 14.4. The molecule has 3 rings (SSSR count). The Kier molecular flexibility index (Phi) is 5.69. The fourth-order valence-corrected chi connectivity index (χ4v) is 4.13. The smallest absolute Gasteiger partial charge is 0.148 e. The number of fused-ring (bicyclic) bond motifs is 1. The lowest BCUT2D eigenvalue weighted by atomic mass is 10.1. The third-order valence-corrected chi connectivity index (χ3v) is 6.56. The Morgan fingerprint density at radius 3 is 2.69 bits per heavy atom. The van der Waals surface area contributed by atoms with E-state index >= 15 is 0 Å². The molecule has 140 valence electrons. The van der Waals surface area contributed by atoms with E-state index in [0.29, 0.717) is 18.8 Å². The van der Waals surface area contributed by atoms with E-state index in [-0.39, 0.29) is 5.82 Å². The highest BCUT2D eigenvalue weighted by Gasteiger charge is 2.16. The van der Waals surface area contributed by atoms with Gasteiger partial charge in [-0.15, -0.1) is 0 Å². The Bertz CT molecular complexity index is 914. The largest absolute Gasteiger partial charge is 0.360 e. The lowest BCUT2D eigenvalue weighted by molar-refractivity contribution is 0.0786. The summed E-state index contributed by atoms with van der Waals surface area (Å²) >= 11 is 3.40. The first-order valence-corrected chi connectivity index (χ1v) is 13.4. The first-order chi connectivity index (χ1) is 12.3. The lowest BCUT2D eigenvalue weighted by Gasteiger charge is -2.15. The summed E-state index contributed by atoms with van der Waals surface area (Å²) in [6.07, 6.45) is 5.77. The van der Waals surface area contributed by atoms with Gasteiger partial charge in [0, 0.05) is 54.6 Å². The van der Waals surface area contributed by atoms with Crippen molar-refractivity contribution in [1.82, 2.24) is 14.3 Å². The van der Waals surface area contributed by atoms with Crippen molar-refractivity contribution in [2.45, 2.75) is 45.9 Å². The monoisotopic (exact) mass is 437 g/mol. The van der Waals surface area contributed by atoms with Crippen LogP contribution < -0.4 is 0 Å².